The van der Waals surface area contributed by atoms with Crippen molar-refractivity contribution in [3.8, 4) is 0 Å². The van der Waals surface area contributed by atoms with Crippen LogP contribution in [0.2, 0.25) is 5.02 Å². The monoisotopic (exact) mass is 1430 g/mol. The zero-order valence-electron chi connectivity index (χ0n) is 46.2. The van der Waals surface area contributed by atoms with Crippen LogP contribution in [0.25, 0.3) is 0 Å². The Bertz CT molecular complexity index is 3980. The zero-order chi connectivity index (χ0) is 62.6. The largest absolute Gasteiger partial charge is 0.478 e. The summed E-state index contributed by atoms with van der Waals surface area (Å²) in [5.74, 6) is -2.09. The maximum Gasteiger partial charge on any atom is 0.336 e. The summed E-state index contributed by atoms with van der Waals surface area (Å²) >= 11 is 17.0. The second kappa shape index (κ2) is 32.7. The summed E-state index contributed by atoms with van der Waals surface area (Å²) in [5, 5.41) is 29.2. The lowest BCUT2D eigenvalue weighted by Gasteiger charge is -2.10. The van der Waals surface area contributed by atoms with Crippen LogP contribution in [0.4, 0.5) is 0 Å². The molecule has 0 aliphatic rings. The van der Waals surface area contributed by atoms with Crippen molar-refractivity contribution in [2.24, 2.45) is 0 Å². The van der Waals surface area contributed by atoms with E-state index >= 15 is 0 Å². The van der Waals surface area contributed by atoms with E-state index in [1.165, 1.54) is 65.2 Å². The van der Waals surface area contributed by atoms with E-state index < -0.39 is 47.4 Å². The number of rotatable bonds is 24. The van der Waals surface area contributed by atoms with Crippen LogP contribution in [0.5, 0.6) is 0 Å². The molecule has 9 aromatic rings. The molecule has 0 aliphatic carbocycles. The first-order valence-corrected chi connectivity index (χ1v) is 36.5. The van der Waals surface area contributed by atoms with Gasteiger partial charge in [0, 0.05) is 45.9 Å². The maximum atomic E-state index is 12.7. The second-order valence-electron chi connectivity index (χ2n) is 19.3. The topological polar surface area (TPSA) is 214 Å². The van der Waals surface area contributed by atoms with E-state index in [1.807, 2.05) is 66.7 Å². The quantitative estimate of drug-likeness (QED) is 0.0480. The first-order chi connectivity index (χ1) is 41.5. The number of benzene rings is 9. The summed E-state index contributed by atoms with van der Waals surface area (Å²) in [6, 6.07) is 63.5. The van der Waals surface area contributed by atoms with Crippen molar-refractivity contribution in [2.75, 3.05) is 17.3 Å². The fourth-order valence-electron chi connectivity index (χ4n) is 8.51. The average molecular weight is 1430 g/mol. The number of aryl methyl sites for hydroxylation is 3. The summed E-state index contributed by atoms with van der Waals surface area (Å²) in [6.45, 7) is 0. The fraction of sp³-hybridized carbons (Fsp3) is 0.136. The highest BCUT2D eigenvalue weighted by atomic mass is 79.9. The standard InChI is InChI=1S/2C22H19BrO4S2.C22H19ClO4S2/c23-18-7-4-8-20(13-18)29(26,27)15-17-9-10-19(14-21(17)22(24)25)28-12-11-16-5-2-1-3-6-16;2*23-18-7-10-20(11-8-18)29(26,27)15-17-6-9-19(14-21(17)22(24)25)28-13-12-16-4-2-1-3-5-16/h1-10,13-14H,11-12,15H2,(H,24,25);2*1-11,14H,12-13,15H2,(H,24,25). The number of hydrogen-bond acceptors (Lipinski definition) is 12. The van der Waals surface area contributed by atoms with Crippen LogP contribution in [0, 0.1) is 0 Å². The van der Waals surface area contributed by atoms with Gasteiger partial charge in [-0.15, -0.1) is 35.3 Å². The number of halogens is 3. The van der Waals surface area contributed by atoms with Crippen LogP contribution in [0.15, 0.2) is 257 Å². The number of thioether (sulfide) groups is 3. The Balaban J connectivity index is 0.000000186. The Hall–Kier alpha value is -6.46. The first kappa shape index (κ1) is 68.0. The summed E-state index contributed by atoms with van der Waals surface area (Å²) in [6.07, 6.45) is 2.60. The fourth-order valence-corrected chi connectivity index (χ4v) is 16.4. The lowest BCUT2D eigenvalue weighted by Crippen LogP contribution is -2.10. The molecule has 0 saturated heterocycles. The number of carboxylic acids is 3. The summed E-state index contributed by atoms with van der Waals surface area (Å²) in [7, 11) is -11.0. The molecule has 0 saturated carbocycles. The molecular formula is C66H57Br2ClO12S6. The SMILES string of the molecule is O=C(O)c1cc(SCCc2ccccc2)ccc1CS(=O)(=O)c1ccc(Br)cc1.O=C(O)c1cc(SCCc2ccccc2)ccc1CS(=O)(=O)c1ccc(Cl)cc1.O=C(O)c1cc(SCCc2ccccc2)ccc1CS(=O)(=O)c1cccc(Br)c1. The lowest BCUT2D eigenvalue weighted by atomic mass is 10.1. The van der Waals surface area contributed by atoms with E-state index in [9.17, 15) is 55.0 Å². The number of carbonyl (C=O) groups is 3. The predicted octanol–water partition coefficient (Wildman–Crippen LogP) is 16.3. The Kier molecular flexibility index (Phi) is 25.6. The van der Waals surface area contributed by atoms with Gasteiger partial charge in [-0.05, 0) is 156 Å². The van der Waals surface area contributed by atoms with Crippen molar-refractivity contribution in [3.05, 3.63) is 282 Å². The van der Waals surface area contributed by atoms with Crippen LogP contribution >= 0.6 is 78.7 Å². The van der Waals surface area contributed by atoms with Crippen molar-refractivity contribution in [1.82, 2.24) is 0 Å². The molecule has 12 nitrogen and oxygen atoms in total. The molecule has 0 aromatic heterocycles. The van der Waals surface area contributed by atoms with Gasteiger partial charge in [0.1, 0.15) is 0 Å². The Morgan fingerprint density at radius 1 is 0.356 bits per heavy atom. The van der Waals surface area contributed by atoms with Crippen molar-refractivity contribution in [2.45, 2.75) is 65.9 Å². The molecule has 0 bridgehead atoms. The molecular weight excluding hydrogens is 1370 g/mol. The molecule has 450 valence electrons. The normalized spacial score (nSPS) is 11.3. The zero-order valence-corrected chi connectivity index (χ0v) is 55.1. The van der Waals surface area contributed by atoms with Crippen LogP contribution in [-0.4, -0.2) is 75.7 Å². The van der Waals surface area contributed by atoms with Gasteiger partial charge in [0.25, 0.3) is 0 Å². The van der Waals surface area contributed by atoms with Crippen molar-refractivity contribution >= 4 is 126 Å². The van der Waals surface area contributed by atoms with Crippen molar-refractivity contribution < 1.29 is 55.0 Å². The van der Waals surface area contributed by atoms with E-state index in [1.54, 1.807) is 114 Å². The summed E-state index contributed by atoms with van der Waals surface area (Å²) < 4.78 is 77.6. The van der Waals surface area contributed by atoms with Gasteiger partial charge in [-0.25, -0.2) is 39.6 Å². The van der Waals surface area contributed by atoms with Gasteiger partial charge < -0.3 is 15.3 Å². The number of hydrogen-bond donors (Lipinski definition) is 3. The number of carboxylic acid groups (broad SMARTS) is 3. The summed E-state index contributed by atoms with van der Waals surface area (Å²) in [4.78, 5) is 38.0. The minimum Gasteiger partial charge on any atom is -0.478 e. The number of sulfone groups is 3. The van der Waals surface area contributed by atoms with Crippen molar-refractivity contribution in [3.63, 3.8) is 0 Å². The van der Waals surface area contributed by atoms with Crippen LogP contribution in [0.3, 0.4) is 0 Å². The Morgan fingerprint density at radius 3 is 1.00 bits per heavy atom. The predicted molar refractivity (Wildman–Crippen MR) is 355 cm³/mol. The first-order valence-electron chi connectivity index (χ1n) is 26.6. The lowest BCUT2D eigenvalue weighted by molar-refractivity contribution is 0.0684. The molecule has 9 rings (SSSR count). The highest BCUT2D eigenvalue weighted by Gasteiger charge is 2.24. The second-order valence-corrected chi connectivity index (χ2v) is 31.0. The Morgan fingerprint density at radius 2 is 0.678 bits per heavy atom. The smallest absolute Gasteiger partial charge is 0.336 e. The van der Waals surface area contributed by atoms with E-state index in [4.69, 9.17) is 11.6 Å². The van der Waals surface area contributed by atoms with Gasteiger partial charge in [0.2, 0.25) is 0 Å². The third-order valence-corrected chi connectivity index (χ3v) is 22.3. The van der Waals surface area contributed by atoms with Crippen LogP contribution in [0.1, 0.15) is 64.5 Å². The van der Waals surface area contributed by atoms with Gasteiger partial charge in [-0.1, -0.05) is 159 Å². The third-order valence-electron chi connectivity index (χ3n) is 13.0. The maximum absolute atomic E-state index is 12.7. The molecule has 9 aromatic carbocycles. The van der Waals surface area contributed by atoms with Gasteiger partial charge >= 0.3 is 17.9 Å². The van der Waals surface area contributed by atoms with E-state index in [0.29, 0.717) is 9.50 Å². The van der Waals surface area contributed by atoms with E-state index in [-0.39, 0.29) is 65.3 Å². The van der Waals surface area contributed by atoms with Crippen LogP contribution in [-0.2, 0) is 66.0 Å². The Labute approximate surface area is 541 Å². The van der Waals surface area contributed by atoms with E-state index in [0.717, 1.165) is 55.7 Å². The van der Waals surface area contributed by atoms with Gasteiger partial charge in [-0.3, -0.25) is 0 Å². The average Bonchev–Trinajstić information content (AvgIpc) is 3.57. The molecule has 0 aliphatic heterocycles. The molecule has 0 heterocycles. The van der Waals surface area contributed by atoms with Crippen LogP contribution < -0.4 is 0 Å². The van der Waals surface area contributed by atoms with Gasteiger partial charge in [0.15, 0.2) is 29.5 Å². The summed E-state index contributed by atoms with van der Waals surface area (Å²) in [5.41, 5.74) is 4.53. The molecule has 0 unspecified atom stereocenters. The molecule has 0 amide bonds. The number of aromatic carboxylic acids is 3. The molecule has 21 heteroatoms. The molecule has 0 atom stereocenters. The van der Waals surface area contributed by atoms with Gasteiger partial charge in [-0.2, -0.15) is 0 Å². The molecule has 0 radical (unpaired) electrons. The minimum absolute atomic E-state index is 0.00671. The highest BCUT2D eigenvalue weighted by molar-refractivity contribution is 9.10. The van der Waals surface area contributed by atoms with Gasteiger partial charge in [0.05, 0.1) is 48.6 Å². The molecule has 87 heavy (non-hydrogen) atoms. The highest BCUT2D eigenvalue weighted by Crippen LogP contribution is 2.30. The third kappa shape index (κ3) is 21.4. The minimum atomic E-state index is -3.68. The molecule has 3 N–H and O–H groups in total. The molecule has 0 fully saturated rings. The van der Waals surface area contributed by atoms with E-state index in [2.05, 4.69) is 56.1 Å². The van der Waals surface area contributed by atoms with Crippen molar-refractivity contribution in [1.29, 1.82) is 0 Å². The molecule has 0 spiro atoms.